The maximum Gasteiger partial charge on any atom is 0.312 e. The van der Waals surface area contributed by atoms with Crippen molar-refractivity contribution < 1.29 is 20.1 Å². The van der Waals surface area contributed by atoms with Crippen molar-refractivity contribution in [2.24, 2.45) is 58.0 Å². The number of carbonyl (C=O) groups excluding carboxylic acids is 1. The van der Waals surface area contributed by atoms with Crippen molar-refractivity contribution in [3.8, 4) is 0 Å². The summed E-state index contributed by atoms with van der Waals surface area (Å²) >= 11 is 0. The van der Waals surface area contributed by atoms with Crippen molar-refractivity contribution in [2.45, 2.75) is 97.4 Å². The predicted octanol–water partition coefficient (Wildman–Crippen LogP) is 3.28. The Bertz CT molecular complexity index is 703. The molecule has 12 atom stereocenters. The highest BCUT2D eigenvalue weighted by Gasteiger charge is 2.67. The summed E-state index contributed by atoms with van der Waals surface area (Å²) in [6.45, 7) is 9.68. The van der Waals surface area contributed by atoms with Crippen LogP contribution in [0.25, 0.3) is 0 Å². The molecule has 4 aliphatic rings. The van der Waals surface area contributed by atoms with Crippen LogP contribution in [-0.2, 0) is 0 Å². The first kappa shape index (κ1) is 24.3. The second-order valence-electron chi connectivity index (χ2n) is 12.3. The van der Waals surface area contributed by atoms with E-state index < -0.39 is 6.03 Å². The molecule has 32 heavy (non-hydrogen) atoms. The summed E-state index contributed by atoms with van der Waals surface area (Å²) in [6.07, 6.45) is 6.35. The molecular formula is C26H46N2O4. The Morgan fingerprint density at radius 1 is 1.09 bits per heavy atom. The second-order valence-corrected chi connectivity index (χ2v) is 12.3. The van der Waals surface area contributed by atoms with Gasteiger partial charge in [-0.2, -0.15) is 0 Å². The summed E-state index contributed by atoms with van der Waals surface area (Å²) in [7, 11) is 0. The Hall–Kier alpha value is -0.850. The first-order valence-corrected chi connectivity index (χ1v) is 13.1. The first-order chi connectivity index (χ1) is 15.1. The summed E-state index contributed by atoms with van der Waals surface area (Å²) in [5.41, 5.74) is 5.12. The van der Waals surface area contributed by atoms with Crippen LogP contribution in [0.4, 0.5) is 4.79 Å². The van der Waals surface area contributed by atoms with E-state index in [0.717, 1.165) is 51.4 Å². The quantitative estimate of drug-likeness (QED) is 0.442. The Morgan fingerprint density at radius 3 is 2.47 bits per heavy atom. The zero-order chi connectivity index (χ0) is 23.4. The number of hydrogen-bond donors (Lipinski definition) is 5. The van der Waals surface area contributed by atoms with Gasteiger partial charge in [0.25, 0.3) is 0 Å². The van der Waals surface area contributed by atoms with Gasteiger partial charge in [0.2, 0.25) is 0 Å². The number of nitrogens with one attached hydrogen (secondary N) is 1. The zero-order valence-corrected chi connectivity index (χ0v) is 20.5. The summed E-state index contributed by atoms with van der Waals surface area (Å²) in [5, 5.41) is 36.6. The molecule has 4 saturated carbocycles. The normalized spacial score (nSPS) is 51.3. The van der Waals surface area contributed by atoms with E-state index in [9.17, 15) is 20.1 Å². The molecule has 4 aliphatic carbocycles. The topological polar surface area (TPSA) is 116 Å². The molecule has 0 radical (unpaired) electrons. The van der Waals surface area contributed by atoms with Crippen molar-refractivity contribution in [1.82, 2.24) is 5.32 Å². The van der Waals surface area contributed by atoms with E-state index in [-0.39, 0.29) is 41.0 Å². The monoisotopic (exact) mass is 450 g/mol. The van der Waals surface area contributed by atoms with E-state index in [1.165, 1.54) is 0 Å². The van der Waals surface area contributed by atoms with Crippen LogP contribution in [0.2, 0.25) is 0 Å². The third-order valence-corrected chi connectivity index (χ3v) is 11.2. The smallest absolute Gasteiger partial charge is 0.312 e. The number of primary amides is 1. The molecular weight excluding hydrogens is 404 g/mol. The highest BCUT2D eigenvalue weighted by Crippen LogP contribution is 2.69. The number of urea groups is 1. The van der Waals surface area contributed by atoms with Gasteiger partial charge in [-0.3, -0.25) is 0 Å². The number of hydrogen-bond acceptors (Lipinski definition) is 4. The highest BCUT2D eigenvalue weighted by molar-refractivity contribution is 5.71. The summed E-state index contributed by atoms with van der Waals surface area (Å²) in [4.78, 5) is 11.1. The lowest BCUT2D eigenvalue weighted by atomic mass is 9.41. The number of nitrogens with two attached hydrogens (primary N) is 1. The number of carbonyl (C=O) groups is 1. The Labute approximate surface area is 193 Å². The summed E-state index contributed by atoms with van der Waals surface area (Å²) < 4.78 is 0. The van der Waals surface area contributed by atoms with Crippen LogP contribution < -0.4 is 11.1 Å². The van der Waals surface area contributed by atoms with Gasteiger partial charge in [-0.05, 0) is 97.2 Å². The highest BCUT2D eigenvalue weighted by atomic mass is 16.3. The van der Waals surface area contributed by atoms with Crippen LogP contribution in [0, 0.1) is 52.3 Å². The lowest BCUT2D eigenvalue weighted by Gasteiger charge is -2.65. The van der Waals surface area contributed by atoms with Gasteiger partial charge >= 0.3 is 6.03 Å². The fourth-order valence-electron chi connectivity index (χ4n) is 9.51. The van der Waals surface area contributed by atoms with E-state index in [0.29, 0.717) is 36.1 Å². The van der Waals surface area contributed by atoms with Gasteiger partial charge in [-0.1, -0.05) is 34.1 Å². The van der Waals surface area contributed by atoms with Crippen molar-refractivity contribution in [2.75, 3.05) is 6.54 Å². The van der Waals surface area contributed by atoms with E-state index in [1.54, 1.807) is 0 Å². The van der Waals surface area contributed by atoms with Crippen LogP contribution in [-0.4, -0.2) is 46.2 Å². The van der Waals surface area contributed by atoms with Crippen LogP contribution in [0.5, 0.6) is 0 Å². The molecule has 6 heteroatoms. The van der Waals surface area contributed by atoms with E-state index >= 15 is 0 Å². The number of rotatable bonds is 5. The van der Waals surface area contributed by atoms with E-state index in [2.05, 4.69) is 33.0 Å². The number of aliphatic hydroxyl groups is 3. The minimum absolute atomic E-state index is 0.0845. The lowest BCUT2D eigenvalue weighted by Crippen LogP contribution is -2.65. The first-order valence-electron chi connectivity index (χ1n) is 13.1. The molecule has 0 aromatic rings. The predicted molar refractivity (Wildman–Crippen MR) is 125 cm³/mol. The molecule has 6 N–H and O–H groups in total. The maximum atomic E-state index is 11.8. The van der Waals surface area contributed by atoms with Crippen molar-refractivity contribution in [3.63, 3.8) is 0 Å². The van der Waals surface area contributed by atoms with Gasteiger partial charge in [0.05, 0.1) is 18.3 Å². The average Bonchev–Trinajstić information content (AvgIpc) is 3.09. The SMILES string of the molecule is CC[C@H]1[C@@H](O)[C@H]2C3CCC([C@@H](C)CCNC(N)=O)C3(C)[C@@H](O)C[C@@H]2[C@@]2(C)CC[C@@H](O)C[C@@H]12. The Morgan fingerprint density at radius 2 is 1.81 bits per heavy atom. The number of fused-ring (bicyclic) bond motifs is 5. The minimum atomic E-state index is -0.482. The molecule has 0 aromatic carbocycles. The number of amides is 2. The summed E-state index contributed by atoms with van der Waals surface area (Å²) in [6, 6.07) is -0.482. The summed E-state index contributed by atoms with van der Waals surface area (Å²) in [5.74, 6) is 2.18. The molecule has 0 aliphatic heterocycles. The minimum Gasteiger partial charge on any atom is -0.393 e. The van der Waals surface area contributed by atoms with Crippen molar-refractivity contribution >= 4 is 6.03 Å². The average molecular weight is 451 g/mol. The van der Waals surface area contributed by atoms with Gasteiger partial charge in [0.15, 0.2) is 0 Å². The molecule has 3 unspecified atom stereocenters. The lowest BCUT2D eigenvalue weighted by molar-refractivity contribution is -0.228. The molecule has 0 spiro atoms. The second kappa shape index (κ2) is 8.74. The third kappa shape index (κ3) is 3.60. The molecule has 6 nitrogen and oxygen atoms in total. The third-order valence-electron chi connectivity index (χ3n) is 11.2. The Kier molecular flexibility index (Phi) is 6.63. The molecule has 0 saturated heterocycles. The van der Waals surface area contributed by atoms with Crippen LogP contribution >= 0.6 is 0 Å². The fourth-order valence-corrected chi connectivity index (χ4v) is 9.51. The van der Waals surface area contributed by atoms with Gasteiger partial charge in [-0.15, -0.1) is 0 Å². The zero-order valence-electron chi connectivity index (χ0n) is 20.5. The largest absolute Gasteiger partial charge is 0.393 e. The molecule has 4 rings (SSSR count). The molecule has 2 amide bonds. The number of aliphatic hydroxyl groups excluding tert-OH is 3. The van der Waals surface area contributed by atoms with Gasteiger partial charge in [0.1, 0.15) is 0 Å². The van der Waals surface area contributed by atoms with Crippen LogP contribution in [0.3, 0.4) is 0 Å². The van der Waals surface area contributed by atoms with Crippen LogP contribution in [0.1, 0.15) is 79.1 Å². The standard InChI is InChI=1S/C26H46N2O4/c1-5-16-19-12-15(29)8-10-25(19,3)20-13-21(30)26(4)17(14(2)9-11-28-24(27)32)6-7-18(26)22(20)23(16)31/h14-23,29-31H,5-13H2,1-4H3,(H3,27,28,32)/t14-,15+,16+,17?,18?,19-,20-,21-,22-,23+,25-,26?/m0/s1. The maximum absolute atomic E-state index is 11.8. The van der Waals surface area contributed by atoms with Gasteiger partial charge < -0.3 is 26.4 Å². The van der Waals surface area contributed by atoms with Crippen molar-refractivity contribution in [3.05, 3.63) is 0 Å². The molecule has 0 heterocycles. The Balaban J connectivity index is 1.62. The molecule has 0 aromatic heterocycles. The molecule has 0 bridgehead atoms. The fraction of sp³-hybridized carbons (Fsp3) is 0.962. The van der Waals surface area contributed by atoms with Gasteiger partial charge in [0, 0.05) is 6.54 Å². The van der Waals surface area contributed by atoms with E-state index in [4.69, 9.17) is 5.73 Å². The molecule has 4 fully saturated rings. The van der Waals surface area contributed by atoms with E-state index in [1.807, 2.05) is 0 Å². The van der Waals surface area contributed by atoms with Gasteiger partial charge in [-0.25, -0.2) is 4.79 Å². The molecule has 184 valence electrons. The van der Waals surface area contributed by atoms with Crippen LogP contribution in [0.15, 0.2) is 0 Å². The van der Waals surface area contributed by atoms with Crippen molar-refractivity contribution in [1.29, 1.82) is 0 Å².